The maximum atomic E-state index is 12.3. The van der Waals surface area contributed by atoms with Crippen LogP contribution in [0.1, 0.15) is 64.1 Å². The van der Waals surface area contributed by atoms with Gasteiger partial charge in [0.15, 0.2) is 0 Å². The summed E-state index contributed by atoms with van der Waals surface area (Å²) in [7, 11) is 0. The Morgan fingerprint density at radius 1 is 1.18 bits per heavy atom. The molecule has 2 aliphatic rings. The number of ether oxygens (including phenoxy) is 1. The summed E-state index contributed by atoms with van der Waals surface area (Å²) in [6.07, 6.45) is 10.1. The van der Waals surface area contributed by atoms with E-state index in [1.54, 1.807) is 0 Å². The lowest BCUT2D eigenvalue weighted by Gasteiger charge is -2.21. The lowest BCUT2D eigenvalue weighted by atomic mass is 10.1. The number of carbonyl (C=O) groups excluding carboxylic acids is 1. The fourth-order valence-corrected chi connectivity index (χ4v) is 3.34. The molecular formula is C16H26N4O2. The minimum absolute atomic E-state index is 0.120. The van der Waals surface area contributed by atoms with Crippen molar-refractivity contribution in [2.75, 3.05) is 5.32 Å². The van der Waals surface area contributed by atoms with E-state index in [2.05, 4.69) is 15.5 Å². The summed E-state index contributed by atoms with van der Waals surface area (Å²) in [5.74, 6) is 1.42. The van der Waals surface area contributed by atoms with Crippen molar-refractivity contribution in [3.63, 3.8) is 0 Å². The Hall–Kier alpha value is -1.43. The van der Waals surface area contributed by atoms with E-state index in [0.29, 0.717) is 5.95 Å². The number of carbonyl (C=O) groups is 1. The number of nitrogens with zero attached hydrogens (tertiary/aromatic N) is 3. The molecule has 0 spiro atoms. The average molecular weight is 306 g/mol. The molecule has 6 nitrogen and oxygen atoms in total. The third-order valence-electron chi connectivity index (χ3n) is 4.66. The van der Waals surface area contributed by atoms with E-state index < -0.39 is 6.10 Å². The molecule has 3 rings (SSSR count). The van der Waals surface area contributed by atoms with Gasteiger partial charge in [-0.2, -0.15) is 0 Å². The van der Waals surface area contributed by atoms with Gasteiger partial charge in [-0.15, -0.1) is 10.2 Å². The summed E-state index contributed by atoms with van der Waals surface area (Å²) in [5.41, 5.74) is 0. The Bertz CT molecular complexity index is 506. The number of hydrogen-bond acceptors (Lipinski definition) is 4. The first kappa shape index (κ1) is 15.5. The molecular weight excluding hydrogens is 280 g/mol. The molecule has 122 valence electrons. The van der Waals surface area contributed by atoms with Crippen LogP contribution in [0.25, 0.3) is 0 Å². The molecule has 22 heavy (non-hydrogen) atoms. The van der Waals surface area contributed by atoms with E-state index in [1.165, 1.54) is 25.7 Å². The molecule has 1 atom stereocenters. The van der Waals surface area contributed by atoms with Crippen molar-refractivity contribution in [2.45, 2.75) is 83.5 Å². The van der Waals surface area contributed by atoms with E-state index in [9.17, 15) is 4.79 Å². The minimum atomic E-state index is -0.445. The number of nitrogens with one attached hydrogen (secondary N) is 1. The van der Waals surface area contributed by atoms with Gasteiger partial charge in [-0.05, 0) is 32.6 Å². The van der Waals surface area contributed by atoms with E-state index in [1.807, 2.05) is 11.5 Å². The highest BCUT2D eigenvalue weighted by molar-refractivity contribution is 5.92. The molecule has 1 amide bonds. The van der Waals surface area contributed by atoms with Gasteiger partial charge in [0.05, 0.1) is 6.10 Å². The lowest BCUT2D eigenvalue weighted by Crippen LogP contribution is -2.32. The number of amides is 1. The maximum Gasteiger partial charge on any atom is 0.255 e. The third kappa shape index (κ3) is 3.66. The van der Waals surface area contributed by atoms with Gasteiger partial charge in [-0.25, -0.2) is 0 Å². The summed E-state index contributed by atoms with van der Waals surface area (Å²) in [5, 5.41) is 11.1. The third-order valence-corrected chi connectivity index (χ3v) is 4.66. The minimum Gasteiger partial charge on any atom is -0.365 e. The summed E-state index contributed by atoms with van der Waals surface area (Å²) in [4.78, 5) is 12.3. The summed E-state index contributed by atoms with van der Waals surface area (Å²) in [6, 6.07) is 0. The van der Waals surface area contributed by atoms with Crippen LogP contribution in [0.2, 0.25) is 0 Å². The summed E-state index contributed by atoms with van der Waals surface area (Å²) < 4.78 is 7.97. The van der Waals surface area contributed by atoms with Gasteiger partial charge in [-0.3, -0.25) is 14.7 Å². The zero-order valence-corrected chi connectivity index (χ0v) is 13.4. The van der Waals surface area contributed by atoms with Crippen molar-refractivity contribution in [3.8, 4) is 0 Å². The molecule has 2 heterocycles. The van der Waals surface area contributed by atoms with Crippen LogP contribution in [0, 0.1) is 0 Å². The standard InChI is InChI=1S/C16H26N4O2/c1-12(22-13-8-4-2-3-5-9-13)15(21)17-16-19-18-14-10-6-7-11-20(14)16/h12-13H,2-11H2,1H3,(H,17,19,21)/t12-/m0/s1. The van der Waals surface area contributed by atoms with Crippen molar-refractivity contribution in [1.82, 2.24) is 14.8 Å². The normalized spacial score (nSPS) is 21.0. The zero-order chi connectivity index (χ0) is 15.4. The predicted octanol–water partition coefficient (Wildman–Crippen LogP) is 2.68. The molecule has 0 radical (unpaired) electrons. The number of fused-ring (bicyclic) bond motifs is 1. The largest absolute Gasteiger partial charge is 0.365 e. The van der Waals surface area contributed by atoms with Gasteiger partial charge >= 0.3 is 0 Å². The number of hydrogen-bond donors (Lipinski definition) is 1. The second-order valence-electron chi connectivity index (χ2n) is 6.43. The predicted molar refractivity (Wildman–Crippen MR) is 83.6 cm³/mol. The van der Waals surface area contributed by atoms with Gasteiger partial charge in [0.2, 0.25) is 5.95 Å². The Morgan fingerprint density at radius 3 is 2.73 bits per heavy atom. The molecule has 1 aromatic rings. The first-order valence-corrected chi connectivity index (χ1v) is 8.62. The van der Waals surface area contributed by atoms with Crippen molar-refractivity contribution < 1.29 is 9.53 Å². The topological polar surface area (TPSA) is 69.0 Å². The molecule has 1 fully saturated rings. The smallest absolute Gasteiger partial charge is 0.255 e. The molecule has 1 aliphatic heterocycles. The van der Waals surface area contributed by atoms with Crippen LogP contribution in [0.3, 0.4) is 0 Å². The Kier molecular flexibility index (Phi) is 5.08. The van der Waals surface area contributed by atoms with Crippen molar-refractivity contribution in [1.29, 1.82) is 0 Å². The monoisotopic (exact) mass is 306 g/mol. The van der Waals surface area contributed by atoms with E-state index in [4.69, 9.17) is 4.74 Å². The Labute approximate surface area is 131 Å². The van der Waals surface area contributed by atoms with Crippen molar-refractivity contribution in [3.05, 3.63) is 5.82 Å². The quantitative estimate of drug-likeness (QED) is 0.868. The van der Waals surface area contributed by atoms with Gasteiger partial charge in [0.25, 0.3) is 5.91 Å². The van der Waals surface area contributed by atoms with Crippen LogP contribution in [0.5, 0.6) is 0 Å². The molecule has 1 aliphatic carbocycles. The van der Waals surface area contributed by atoms with Crippen molar-refractivity contribution >= 4 is 11.9 Å². The van der Waals surface area contributed by atoms with Crippen LogP contribution in [-0.2, 0) is 22.5 Å². The van der Waals surface area contributed by atoms with Gasteiger partial charge in [0.1, 0.15) is 11.9 Å². The average Bonchev–Trinajstić information content (AvgIpc) is 2.75. The molecule has 1 saturated carbocycles. The SMILES string of the molecule is C[C@H](OC1CCCCCC1)C(=O)Nc1nnc2n1CCCC2. The summed E-state index contributed by atoms with van der Waals surface area (Å²) >= 11 is 0. The Morgan fingerprint density at radius 2 is 1.95 bits per heavy atom. The van der Waals surface area contributed by atoms with Crippen LogP contribution in [0.15, 0.2) is 0 Å². The fraction of sp³-hybridized carbons (Fsp3) is 0.812. The first-order valence-electron chi connectivity index (χ1n) is 8.62. The molecule has 0 bridgehead atoms. The highest BCUT2D eigenvalue weighted by Gasteiger charge is 2.23. The molecule has 1 N–H and O–H groups in total. The number of aromatic nitrogens is 3. The van der Waals surface area contributed by atoms with E-state index in [-0.39, 0.29) is 12.0 Å². The van der Waals surface area contributed by atoms with Crippen LogP contribution < -0.4 is 5.32 Å². The molecule has 1 aromatic heterocycles. The number of anilines is 1. The first-order chi connectivity index (χ1) is 10.7. The lowest BCUT2D eigenvalue weighted by molar-refractivity contribution is -0.130. The molecule has 0 unspecified atom stereocenters. The highest BCUT2D eigenvalue weighted by Crippen LogP contribution is 2.22. The second kappa shape index (κ2) is 7.22. The van der Waals surface area contributed by atoms with Gasteiger partial charge < -0.3 is 4.74 Å². The summed E-state index contributed by atoms with van der Waals surface area (Å²) in [6.45, 7) is 2.71. The van der Waals surface area contributed by atoms with Crippen LogP contribution >= 0.6 is 0 Å². The van der Waals surface area contributed by atoms with E-state index >= 15 is 0 Å². The van der Waals surface area contributed by atoms with E-state index in [0.717, 1.165) is 44.5 Å². The van der Waals surface area contributed by atoms with Gasteiger partial charge in [0, 0.05) is 13.0 Å². The van der Waals surface area contributed by atoms with Crippen LogP contribution in [-0.4, -0.2) is 32.9 Å². The highest BCUT2D eigenvalue weighted by atomic mass is 16.5. The number of aryl methyl sites for hydroxylation is 1. The van der Waals surface area contributed by atoms with Crippen LogP contribution in [0.4, 0.5) is 5.95 Å². The Balaban J connectivity index is 1.55. The van der Waals surface area contributed by atoms with Crippen molar-refractivity contribution in [2.24, 2.45) is 0 Å². The maximum absolute atomic E-state index is 12.3. The molecule has 0 saturated heterocycles. The fourth-order valence-electron chi connectivity index (χ4n) is 3.34. The number of rotatable bonds is 4. The molecule has 0 aromatic carbocycles. The second-order valence-corrected chi connectivity index (χ2v) is 6.43. The molecule has 6 heteroatoms. The zero-order valence-electron chi connectivity index (χ0n) is 13.4. The van der Waals surface area contributed by atoms with Gasteiger partial charge in [-0.1, -0.05) is 25.7 Å².